The second kappa shape index (κ2) is 10.8. The number of rotatable bonds is 7. The molecule has 3 aromatic rings. The van der Waals surface area contributed by atoms with Crippen molar-refractivity contribution in [2.45, 2.75) is 25.5 Å². The van der Waals surface area contributed by atoms with Crippen LogP contribution in [0.4, 0.5) is 0 Å². The summed E-state index contributed by atoms with van der Waals surface area (Å²) in [5.41, 5.74) is 7.89. The third-order valence-electron chi connectivity index (χ3n) is 5.89. The first-order valence-electron chi connectivity index (χ1n) is 11.4. The predicted molar refractivity (Wildman–Crippen MR) is 134 cm³/mol. The molecule has 1 aliphatic heterocycles. The number of hydrogen-bond donors (Lipinski definition) is 2. The summed E-state index contributed by atoms with van der Waals surface area (Å²) >= 11 is 0. The molecule has 3 N–H and O–H groups in total. The average Bonchev–Trinajstić information content (AvgIpc) is 3.32. The van der Waals surface area contributed by atoms with Gasteiger partial charge in [-0.1, -0.05) is 36.3 Å². The smallest absolute Gasteiger partial charge is 0.296 e. The summed E-state index contributed by atoms with van der Waals surface area (Å²) in [4.78, 5) is 42.6. The number of primary amides is 1. The first kappa shape index (κ1) is 24.5. The molecule has 1 fully saturated rings. The zero-order valence-electron chi connectivity index (χ0n) is 20.0. The van der Waals surface area contributed by atoms with Crippen molar-refractivity contribution in [2.75, 3.05) is 20.2 Å². The zero-order chi connectivity index (χ0) is 25.7. The molecule has 9 nitrogen and oxygen atoms in total. The normalized spacial score (nSPS) is 16.7. The van der Waals surface area contributed by atoms with E-state index in [9.17, 15) is 14.4 Å². The van der Waals surface area contributed by atoms with E-state index in [2.05, 4.69) is 17.2 Å². The van der Waals surface area contributed by atoms with Gasteiger partial charge in [-0.2, -0.15) is 0 Å². The number of nitrogens with two attached hydrogens (primary N) is 1. The molecule has 4 rings (SSSR count). The molecule has 1 aromatic heterocycles. The minimum atomic E-state index is -0.849. The Bertz CT molecular complexity index is 1360. The number of nitrogens with zero attached hydrogens (tertiary/aromatic N) is 2. The Kier molecular flexibility index (Phi) is 7.35. The fraction of sp³-hybridized carbons (Fsp3) is 0.259. The number of likely N-dealkylation sites (tertiary alicyclic amines) is 1. The highest BCUT2D eigenvalue weighted by Crippen LogP contribution is 2.34. The van der Waals surface area contributed by atoms with Crippen molar-refractivity contribution in [3.05, 3.63) is 54.6 Å². The van der Waals surface area contributed by atoms with E-state index in [1.807, 2.05) is 54.6 Å². The van der Waals surface area contributed by atoms with Crippen molar-refractivity contribution in [3.63, 3.8) is 0 Å². The monoisotopic (exact) mass is 486 g/mol. The second-order valence-electron chi connectivity index (χ2n) is 8.25. The molecule has 2 aromatic carbocycles. The fourth-order valence-electron chi connectivity index (χ4n) is 4.18. The molecule has 0 radical (unpaired) electrons. The van der Waals surface area contributed by atoms with Crippen molar-refractivity contribution in [1.29, 1.82) is 0 Å². The van der Waals surface area contributed by atoms with Gasteiger partial charge in [0.15, 0.2) is 0 Å². The lowest BCUT2D eigenvalue weighted by atomic mass is 10.1. The van der Waals surface area contributed by atoms with Gasteiger partial charge in [-0.25, -0.2) is 4.98 Å². The maximum absolute atomic E-state index is 12.8. The number of carbonyl (C=O) groups excluding carboxylic acids is 3. The lowest BCUT2D eigenvalue weighted by Gasteiger charge is -2.21. The Balaban J connectivity index is 1.62. The van der Waals surface area contributed by atoms with Gasteiger partial charge in [0.2, 0.25) is 11.8 Å². The van der Waals surface area contributed by atoms with Crippen LogP contribution in [0.2, 0.25) is 0 Å². The number of hydrogen-bond acceptors (Lipinski definition) is 6. The molecule has 1 aliphatic rings. The molecule has 36 heavy (non-hydrogen) atoms. The summed E-state index contributed by atoms with van der Waals surface area (Å²) in [6, 6.07) is 16.2. The molecule has 0 spiro atoms. The minimum Gasteiger partial charge on any atom is -0.497 e. The minimum absolute atomic E-state index is 0.141. The summed E-state index contributed by atoms with van der Waals surface area (Å²) in [6.07, 6.45) is -0.265. The van der Waals surface area contributed by atoms with Gasteiger partial charge in [0.05, 0.1) is 31.4 Å². The van der Waals surface area contributed by atoms with Gasteiger partial charge in [0.1, 0.15) is 23.6 Å². The summed E-state index contributed by atoms with van der Waals surface area (Å²) in [5, 5.41) is 3.19. The lowest BCUT2D eigenvalue weighted by molar-refractivity contribution is -0.137. The quantitative estimate of drug-likeness (QED) is 0.492. The summed E-state index contributed by atoms with van der Waals surface area (Å²) in [5.74, 6) is 4.36. The molecule has 2 atom stereocenters. The molecular weight excluding hydrogens is 460 g/mol. The highest BCUT2D eigenvalue weighted by Gasteiger charge is 2.39. The number of fused-ring (bicyclic) bond motifs is 1. The van der Waals surface area contributed by atoms with Crippen LogP contribution >= 0.6 is 0 Å². The van der Waals surface area contributed by atoms with E-state index >= 15 is 0 Å². The SMILES string of the molecule is CC#CC(=O)NCC(=O)N1C[C@H](Oc2cc(-c3ccccc3)nc3cc(OC)ccc23)C[C@H]1C(N)=O. The number of methoxy groups -OCH3 is 1. The Morgan fingerprint density at radius 1 is 1.17 bits per heavy atom. The topological polar surface area (TPSA) is 124 Å². The molecule has 1 saturated heterocycles. The second-order valence-corrected chi connectivity index (χ2v) is 8.25. The Morgan fingerprint density at radius 3 is 2.64 bits per heavy atom. The summed E-state index contributed by atoms with van der Waals surface area (Å²) in [7, 11) is 1.59. The standard InChI is InChI=1S/C27H26N4O5/c1-3-7-25(32)29-15-26(33)31-16-19(13-23(31)27(28)34)36-24-14-21(17-8-5-4-6-9-17)30-22-12-18(35-2)10-11-20(22)24/h4-6,8-12,14,19,23H,13,15-16H2,1-2H3,(H2,28,34)(H,29,32)/t19-,23+/m1/s1. The third kappa shape index (κ3) is 5.39. The molecular formula is C27H26N4O5. The molecule has 2 heterocycles. The predicted octanol–water partition coefficient (Wildman–Crippen LogP) is 1.88. The molecule has 3 amide bonds. The number of aromatic nitrogens is 1. The van der Waals surface area contributed by atoms with Crippen LogP contribution in [0.25, 0.3) is 22.2 Å². The first-order chi connectivity index (χ1) is 17.4. The van der Waals surface area contributed by atoms with Gasteiger partial charge < -0.3 is 25.4 Å². The van der Waals surface area contributed by atoms with Gasteiger partial charge in [-0.15, -0.1) is 0 Å². The van der Waals surface area contributed by atoms with Gasteiger partial charge in [-0.05, 0) is 25.0 Å². The maximum atomic E-state index is 12.8. The molecule has 0 saturated carbocycles. The molecule has 0 bridgehead atoms. The van der Waals surface area contributed by atoms with Crippen molar-refractivity contribution in [2.24, 2.45) is 5.73 Å². The number of carbonyl (C=O) groups is 3. The molecule has 9 heteroatoms. The van der Waals surface area contributed by atoms with Crippen LogP contribution in [-0.4, -0.2) is 60.0 Å². The van der Waals surface area contributed by atoms with Crippen molar-refractivity contribution >= 4 is 28.6 Å². The van der Waals surface area contributed by atoms with Crippen molar-refractivity contribution in [3.8, 4) is 34.6 Å². The number of pyridine rings is 1. The zero-order valence-corrected chi connectivity index (χ0v) is 20.0. The summed E-state index contributed by atoms with van der Waals surface area (Å²) in [6.45, 7) is 1.37. The number of nitrogens with one attached hydrogen (secondary N) is 1. The fourth-order valence-corrected chi connectivity index (χ4v) is 4.18. The number of amides is 3. The van der Waals surface area contributed by atoms with E-state index in [0.717, 1.165) is 10.9 Å². The van der Waals surface area contributed by atoms with E-state index in [-0.39, 0.29) is 19.5 Å². The van der Waals surface area contributed by atoms with Gasteiger partial charge in [0, 0.05) is 29.5 Å². The summed E-state index contributed by atoms with van der Waals surface area (Å²) < 4.78 is 11.7. The highest BCUT2D eigenvalue weighted by atomic mass is 16.5. The number of ether oxygens (including phenoxy) is 2. The van der Waals surface area contributed by atoms with E-state index in [1.54, 1.807) is 7.11 Å². The Hall–Kier alpha value is -4.58. The Labute approximate surface area is 208 Å². The highest BCUT2D eigenvalue weighted by molar-refractivity contribution is 5.96. The molecule has 0 aliphatic carbocycles. The van der Waals surface area contributed by atoms with E-state index < -0.39 is 29.9 Å². The van der Waals surface area contributed by atoms with E-state index in [4.69, 9.17) is 20.2 Å². The van der Waals surface area contributed by atoms with Crippen LogP contribution in [-0.2, 0) is 14.4 Å². The van der Waals surface area contributed by atoms with Gasteiger partial charge in [0.25, 0.3) is 5.91 Å². The van der Waals surface area contributed by atoms with Gasteiger partial charge in [-0.3, -0.25) is 14.4 Å². The average molecular weight is 487 g/mol. The van der Waals surface area contributed by atoms with Crippen molar-refractivity contribution < 1.29 is 23.9 Å². The van der Waals surface area contributed by atoms with E-state index in [0.29, 0.717) is 22.7 Å². The van der Waals surface area contributed by atoms with E-state index in [1.165, 1.54) is 11.8 Å². The van der Waals surface area contributed by atoms with Crippen LogP contribution in [0, 0.1) is 11.8 Å². The van der Waals surface area contributed by atoms with Crippen molar-refractivity contribution in [1.82, 2.24) is 15.2 Å². The lowest BCUT2D eigenvalue weighted by Crippen LogP contribution is -2.47. The van der Waals surface area contributed by atoms with Crippen LogP contribution < -0.4 is 20.5 Å². The van der Waals surface area contributed by atoms with Crippen LogP contribution in [0.5, 0.6) is 11.5 Å². The molecule has 0 unspecified atom stereocenters. The maximum Gasteiger partial charge on any atom is 0.296 e. The number of benzene rings is 2. The first-order valence-corrected chi connectivity index (χ1v) is 11.4. The van der Waals surface area contributed by atoms with Crippen LogP contribution in [0.3, 0.4) is 0 Å². The Morgan fingerprint density at radius 2 is 1.94 bits per heavy atom. The molecule has 184 valence electrons. The largest absolute Gasteiger partial charge is 0.497 e. The van der Waals surface area contributed by atoms with Crippen LogP contribution in [0.15, 0.2) is 54.6 Å². The third-order valence-corrected chi connectivity index (χ3v) is 5.89. The van der Waals surface area contributed by atoms with Gasteiger partial charge >= 0.3 is 0 Å². The van der Waals surface area contributed by atoms with Crippen LogP contribution in [0.1, 0.15) is 13.3 Å².